The lowest BCUT2D eigenvalue weighted by molar-refractivity contribution is 0.0744. The third kappa shape index (κ3) is 5.81. The molecular formula is C62H47N5. The number of nitrogens with zero attached hydrogens (tertiary/aromatic N) is 5. The molecule has 320 valence electrons. The van der Waals surface area contributed by atoms with Crippen molar-refractivity contribution in [3.8, 4) is 28.1 Å². The molecule has 3 aliphatic rings. The summed E-state index contributed by atoms with van der Waals surface area (Å²) in [6, 6.07) is 86.6. The van der Waals surface area contributed by atoms with Crippen molar-refractivity contribution in [1.29, 1.82) is 0 Å². The minimum atomic E-state index is -0.545. The molecule has 1 spiro atoms. The molecular weight excluding hydrogens is 815 g/mol. The molecule has 67 heavy (non-hydrogen) atoms. The summed E-state index contributed by atoms with van der Waals surface area (Å²) in [5.41, 5.74) is 18.9. The van der Waals surface area contributed by atoms with Crippen LogP contribution < -0.4 is 4.90 Å². The van der Waals surface area contributed by atoms with Crippen LogP contribution in [-0.2, 0) is 5.41 Å². The summed E-state index contributed by atoms with van der Waals surface area (Å²) in [4.78, 5) is 12.6. The largest absolute Gasteiger partial charge is 0.339 e. The predicted molar refractivity (Wildman–Crippen MR) is 275 cm³/mol. The van der Waals surface area contributed by atoms with E-state index in [1.807, 2.05) is 0 Å². The van der Waals surface area contributed by atoms with E-state index in [2.05, 4.69) is 270 Å². The molecule has 5 nitrogen and oxygen atoms in total. The van der Waals surface area contributed by atoms with E-state index in [1.165, 1.54) is 61.1 Å². The van der Waals surface area contributed by atoms with Crippen LogP contribution in [0, 0.1) is 0 Å². The van der Waals surface area contributed by atoms with Crippen molar-refractivity contribution in [1.82, 2.24) is 14.4 Å². The van der Waals surface area contributed by atoms with Gasteiger partial charge in [-0.05, 0) is 101 Å². The lowest BCUT2D eigenvalue weighted by Crippen LogP contribution is -2.47. The van der Waals surface area contributed by atoms with E-state index in [0.717, 1.165) is 39.7 Å². The van der Waals surface area contributed by atoms with Crippen LogP contribution in [0.1, 0.15) is 51.3 Å². The number of fused-ring (bicyclic) bond motifs is 12. The first-order chi connectivity index (χ1) is 33.1. The van der Waals surface area contributed by atoms with Gasteiger partial charge in [-0.15, -0.1) is 0 Å². The molecule has 0 fully saturated rings. The molecule has 2 heterocycles. The van der Waals surface area contributed by atoms with Gasteiger partial charge in [0.05, 0.1) is 16.6 Å². The van der Waals surface area contributed by atoms with Crippen LogP contribution in [0.25, 0.3) is 39.0 Å². The normalized spacial score (nSPS) is 16.6. The molecule has 0 saturated carbocycles. The predicted octanol–water partition coefficient (Wildman–Crippen LogP) is 14.5. The molecule has 9 aromatic carbocycles. The Balaban J connectivity index is 1.08. The summed E-state index contributed by atoms with van der Waals surface area (Å²) < 4.78 is 2.56. The Morgan fingerprint density at radius 2 is 0.985 bits per heavy atom. The number of rotatable bonds is 7. The summed E-state index contributed by atoms with van der Waals surface area (Å²) in [5.74, 6) is 0.971. The van der Waals surface area contributed by atoms with Crippen molar-refractivity contribution >= 4 is 33.8 Å². The molecule has 0 bridgehead atoms. The van der Waals surface area contributed by atoms with E-state index in [9.17, 15) is 0 Å². The maximum atomic E-state index is 5.45. The third-order valence-corrected chi connectivity index (χ3v) is 14.4. The van der Waals surface area contributed by atoms with Crippen LogP contribution in [0.4, 0.5) is 17.1 Å². The van der Waals surface area contributed by atoms with Crippen LogP contribution in [0.2, 0.25) is 0 Å². The van der Waals surface area contributed by atoms with Gasteiger partial charge in [0.25, 0.3) is 0 Å². The van der Waals surface area contributed by atoms with E-state index in [0.29, 0.717) is 0 Å². The topological polar surface area (TPSA) is 27.0 Å². The Kier molecular flexibility index (Phi) is 9.02. The molecule has 0 radical (unpaired) electrons. The number of hydrogen-bond donors (Lipinski definition) is 0. The first-order valence-corrected chi connectivity index (χ1v) is 23.2. The lowest BCUT2D eigenvalue weighted by atomic mass is 9.70. The maximum Gasteiger partial charge on any atom is 0.134 e. The van der Waals surface area contributed by atoms with E-state index in [1.54, 1.807) is 0 Å². The summed E-state index contributed by atoms with van der Waals surface area (Å²) in [6.07, 6.45) is -0.292. The van der Waals surface area contributed by atoms with Gasteiger partial charge in [-0.25, -0.2) is 4.99 Å². The highest BCUT2D eigenvalue weighted by molar-refractivity contribution is 6.06. The van der Waals surface area contributed by atoms with E-state index in [-0.39, 0.29) is 12.3 Å². The molecule has 0 amide bonds. The number of benzene rings is 9. The second-order valence-corrected chi connectivity index (χ2v) is 18.0. The minimum Gasteiger partial charge on any atom is -0.339 e. The van der Waals surface area contributed by atoms with Crippen molar-refractivity contribution in [3.05, 3.63) is 276 Å². The molecule has 1 aliphatic heterocycles. The zero-order valence-electron chi connectivity index (χ0n) is 37.4. The molecule has 1 aromatic heterocycles. The van der Waals surface area contributed by atoms with Crippen molar-refractivity contribution in [2.24, 2.45) is 4.99 Å². The zero-order valence-corrected chi connectivity index (χ0v) is 37.4. The van der Waals surface area contributed by atoms with Gasteiger partial charge in [-0.1, -0.05) is 182 Å². The Hall–Kier alpha value is -8.25. The van der Waals surface area contributed by atoms with Crippen molar-refractivity contribution < 1.29 is 0 Å². The zero-order chi connectivity index (χ0) is 44.6. The highest BCUT2D eigenvalue weighted by atomic mass is 15.4. The van der Waals surface area contributed by atoms with Crippen LogP contribution in [0.15, 0.2) is 242 Å². The SMILES string of the molecule is CN1C(c2ccccc2)=NC(c2ccccc2)N(C)C1c1cccc(-n2c3c(c4cc(N(c5ccccc5)c5ccccc5)ccc42)C2(c4ccccc4-c4ccccc42)c2ccccc2-3)c1. The van der Waals surface area contributed by atoms with Gasteiger partial charge < -0.3 is 14.4 Å². The second-order valence-electron chi connectivity index (χ2n) is 18.0. The van der Waals surface area contributed by atoms with Gasteiger partial charge in [-0.2, -0.15) is 0 Å². The van der Waals surface area contributed by atoms with E-state index < -0.39 is 5.41 Å². The number of aromatic nitrogens is 1. The fraction of sp³-hybridized carbons (Fsp3) is 0.0806. The van der Waals surface area contributed by atoms with Crippen LogP contribution in [0.5, 0.6) is 0 Å². The average Bonchev–Trinajstić information content (AvgIpc) is 4.00. The lowest BCUT2D eigenvalue weighted by Gasteiger charge is -2.45. The average molecular weight is 862 g/mol. The van der Waals surface area contributed by atoms with Gasteiger partial charge in [0, 0.05) is 51.9 Å². The Labute approximate surface area is 391 Å². The van der Waals surface area contributed by atoms with Gasteiger partial charge >= 0.3 is 0 Å². The number of anilines is 3. The van der Waals surface area contributed by atoms with E-state index >= 15 is 0 Å². The molecule has 2 aliphatic carbocycles. The molecule has 2 unspecified atom stereocenters. The smallest absolute Gasteiger partial charge is 0.134 e. The maximum absolute atomic E-state index is 5.45. The number of para-hydroxylation sites is 2. The highest BCUT2D eigenvalue weighted by Crippen LogP contribution is 2.65. The van der Waals surface area contributed by atoms with Gasteiger partial charge in [0.2, 0.25) is 0 Å². The van der Waals surface area contributed by atoms with Crippen molar-refractivity contribution in [2.75, 3.05) is 19.0 Å². The first-order valence-electron chi connectivity index (χ1n) is 23.2. The Bertz CT molecular complexity index is 3440. The molecule has 5 heteroatoms. The van der Waals surface area contributed by atoms with Crippen LogP contribution in [-0.4, -0.2) is 34.3 Å². The summed E-state index contributed by atoms with van der Waals surface area (Å²) in [6.45, 7) is 0. The van der Waals surface area contributed by atoms with Crippen LogP contribution in [0.3, 0.4) is 0 Å². The third-order valence-electron chi connectivity index (χ3n) is 14.4. The minimum absolute atomic E-state index is 0.114. The monoisotopic (exact) mass is 861 g/mol. The first kappa shape index (κ1) is 39.1. The Morgan fingerprint density at radius 3 is 1.61 bits per heavy atom. The van der Waals surface area contributed by atoms with Crippen LogP contribution >= 0.6 is 0 Å². The molecule has 13 rings (SSSR count). The summed E-state index contributed by atoms with van der Waals surface area (Å²) in [7, 11) is 4.40. The molecule has 10 aromatic rings. The quantitative estimate of drug-likeness (QED) is 0.160. The Morgan fingerprint density at radius 1 is 0.463 bits per heavy atom. The summed E-state index contributed by atoms with van der Waals surface area (Å²) in [5, 5.41) is 1.23. The van der Waals surface area contributed by atoms with Gasteiger partial charge in [-0.3, -0.25) is 4.90 Å². The fourth-order valence-electron chi connectivity index (χ4n) is 11.8. The molecule has 2 atom stereocenters. The van der Waals surface area contributed by atoms with Crippen molar-refractivity contribution in [3.63, 3.8) is 0 Å². The standard InChI is InChI=1S/C62H47N5/c1-64-59(42-22-7-3-8-23-42)63-60(43-24-9-4-10-25-43)65(2)61(64)44-26-21-31-47(40-44)67-56-39-38-48(66(45-27-11-5-12-28-45)46-29-13-6-14-30-46)41-52(56)57-58(67)51-34-17-20-37-55(51)62(57)53-35-18-15-32-49(53)50-33-16-19-36-54(50)62/h3-41,59,61H,1-2H3. The van der Waals surface area contributed by atoms with Crippen molar-refractivity contribution in [2.45, 2.75) is 17.7 Å². The second kappa shape index (κ2) is 15.4. The summed E-state index contributed by atoms with van der Waals surface area (Å²) >= 11 is 0. The molecule has 0 saturated heterocycles. The fourth-order valence-corrected chi connectivity index (χ4v) is 11.8. The molecule has 0 N–H and O–H groups in total. The number of aliphatic imine (C=N–C) groups is 1. The highest BCUT2D eigenvalue weighted by Gasteiger charge is 2.54. The van der Waals surface area contributed by atoms with E-state index in [4.69, 9.17) is 4.99 Å². The van der Waals surface area contributed by atoms with Gasteiger partial charge in [0.15, 0.2) is 0 Å². The van der Waals surface area contributed by atoms with Gasteiger partial charge in [0.1, 0.15) is 18.2 Å². The number of amidine groups is 1. The number of hydrogen-bond acceptors (Lipinski definition) is 4.